The van der Waals surface area contributed by atoms with Crippen molar-refractivity contribution in [2.24, 2.45) is 5.41 Å². The number of rotatable bonds is 9. The molecule has 1 heterocycles. The van der Waals surface area contributed by atoms with E-state index in [4.69, 9.17) is 14.6 Å². The van der Waals surface area contributed by atoms with Crippen LogP contribution in [0.4, 0.5) is 11.4 Å². The number of unbranched alkanes of at least 4 members (excludes halogenated alkanes) is 1. The number of anilines is 2. The summed E-state index contributed by atoms with van der Waals surface area (Å²) in [5.41, 5.74) is 1.01. The van der Waals surface area contributed by atoms with Crippen LogP contribution in [0.1, 0.15) is 39.5 Å². The Balaban J connectivity index is 2.22. The molecule has 3 rings (SSSR count). The van der Waals surface area contributed by atoms with Crippen LogP contribution in [0.5, 0.6) is 11.5 Å². The molecule has 2 aromatic rings. The number of aliphatic carboxylic acids is 1. The number of hydrogen-bond donors (Lipinski definition) is 1. The van der Waals surface area contributed by atoms with Gasteiger partial charge in [0, 0.05) is 29.8 Å². The fourth-order valence-electron chi connectivity index (χ4n) is 4.29. The van der Waals surface area contributed by atoms with Gasteiger partial charge in [-0.15, -0.1) is 0 Å². The molecule has 0 amide bonds. The highest BCUT2D eigenvalue weighted by Crippen LogP contribution is 2.47. The van der Waals surface area contributed by atoms with Crippen molar-refractivity contribution < 1.29 is 27.8 Å². The van der Waals surface area contributed by atoms with Crippen molar-refractivity contribution >= 4 is 27.2 Å². The normalized spacial score (nSPS) is 19.7. The maximum absolute atomic E-state index is 13.7. The topological polar surface area (TPSA) is 93.1 Å². The number of methoxy groups -OCH3 is 1. The summed E-state index contributed by atoms with van der Waals surface area (Å²) >= 11 is 0. The first-order valence-electron chi connectivity index (χ1n) is 11.1. The number of carbonyl (C=O) groups is 1. The molecule has 0 saturated heterocycles. The van der Waals surface area contributed by atoms with Gasteiger partial charge in [0.1, 0.15) is 0 Å². The number of nitrogens with zero attached hydrogens (tertiary/aromatic N) is 1. The average Bonchev–Trinajstić information content (AvgIpc) is 2.90. The summed E-state index contributed by atoms with van der Waals surface area (Å²) in [7, 11) is -2.21. The van der Waals surface area contributed by atoms with Gasteiger partial charge in [-0.2, -0.15) is 0 Å². The third-order valence-electron chi connectivity index (χ3n) is 6.14. The highest BCUT2D eigenvalue weighted by molar-refractivity contribution is 7.91. The molecule has 0 spiro atoms. The second kappa shape index (κ2) is 10.3. The van der Waals surface area contributed by atoms with Gasteiger partial charge < -0.3 is 19.5 Å². The van der Waals surface area contributed by atoms with Gasteiger partial charge in [0.15, 0.2) is 21.3 Å². The van der Waals surface area contributed by atoms with Crippen molar-refractivity contribution in [3.8, 4) is 11.5 Å². The van der Waals surface area contributed by atoms with Crippen molar-refractivity contribution in [3.63, 3.8) is 0 Å². The lowest BCUT2D eigenvalue weighted by atomic mass is 9.81. The quantitative estimate of drug-likeness (QED) is 0.396. The lowest BCUT2D eigenvalue weighted by Gasteiger charge is -2.36. The Morgan fingerprint density at radius 3 is 2.52 bits per heavy atom. The van der Waals surface area contributed by atoms with Crippen LogP contribution >= 0.6 is 0 Å². The zero-order valence-corrected chi connectivity index (χ0v) is 20.1. The molecular formula is C25H31NO6S. The Kier molecular flexibility index (Phi) is 7.68. The molecule has 1 aliphatic heterocycles. The van der Waals surface area contributed by atoms with Crippen molar-refractivity contribution in [1.29, 1.82) is 0 Å². The summed E-state index contributed by atoms with van der Waals surface area (Å²) in [5.74, 6) is -0.681. The maximum atomic E-state index is 13.7. The molecule has 33 heavy (non-hydrogen) atoms. The van der Waals surface area contributed by atoms with Crippen LogP contribution in [-0.2, 0) is 14.6 Å². The van der Waals surface area contributed by atoms with Gasteiger partial charge in [-0.05, 0) is 25.0 Å². The number of benzene rings is 2. The van der Waals surface area contributed by atoms with E-state index in [1.165, 1.54) is 13.2 Å². The Bertz CT molecular complexity index is 1110. The summed E-state index contributed by atoms with van der Waals surface area (Å²) < 4.78 is 38.3. The Morgan fingerprint density at radius 1 is 1.18 bits per heavy atom. The molecule has 2 aromatic carbocycles. The molecule has 8 heteroatoms. The lowest BCUT2D eigenvalue weighted by Crippen LogP contribution is -2.37. The van der Waals surface area contributed by atoms with E-state index < -0.39 is 21.2 Å². The standard InChI is InChI=1S/C25H31NO6S/c1-4-6-13-25(5-2)17-26(19-10-8-7-9-11-19)20-15-21(31-3)22(32-14-12-24(27)28)16-23(20)33(29,30)18-25/h7-12,14-16H,4-6,13,17-18H2,1-3H3,(H,27,28)/b14-12-. The molecule has 1 aliphatic rings. The van der Waals surface area contributed by atoms with Crippen molar-refractivity contribution in [1.82, 2.24) is 0 Å². The number of carboxylic acid groups (broad SMARTS) is 1. The number of ether oxygens (including phenoxy) is 2. The van der Waals surface area contributed by atoms with Crippen molar-refractivity contribution in [3.05, 3.63) is 54.8 Å². The van der Waals surface area contributed by atoms with Gasteiger partial charge in [0.25, 0.3) is 0 Å². The maximum Gasteiger partial charge on any atom is 0.331 e. The first-order chi connectivity index (χ1) is 15.7. The second-order valence-corrected chi connectivity index (χ2v) is 10.3. The molecule has 0 aromatic heterocycles. The third kappa shape index (κ3) is 5.50. The minimum Gasteiger partial charge on any atom is -0.493 e. The van der Waals surface area contributed by atoms with E-state index in [-0.39, 0.29) is 16.4 Å². The summed E-state index contributed by atoms with van der Waals surface area (Å²) in [6, 6.07) is 12.8. The zero-order chi connectivity index (χ0) is 24.1. The van der Waals surface area contributed by atoms with Crippen LogP contribution in [0.15, 0.2) is 59.7 Å². The van der Waals surface area contributed by atoms with Crippen LogP contribution in [0.2, 0.25) is 0 Å². The van der Waals surface area contributed by atoms with E-state index in [1.807, 2.05) is 30.3 Å². The lowest BCUT2D eigenvalue weighted by molar-refractivity contribution is -0.131. The molecule has 0 fully saturated rings. The summed E-state index contributed by atoms with van der Waals surface area (Å²) in [6.07, 6.45) is 5.30. The number of carboxylic acids is 1. The highest BCUT2D eigenvalue weighted by Gasteiger charge is 2.42. The fourth-order valence-corrected chi connectivity index (χ4v) is 6.46. The van der Waals surface area contributed by atoms with Crippen LogP contribution in [0.3, 0.4) is 0 Å². The summed E-state index contributed by atoms with van der Waals surface area (Å²) in [6.45, 7) is 4.72. The van der Waals surface area contributed by atoms with E-state index in [1.54, 1.807) is 6.07 Å². The fraction of sp³-hybridized carbons (Fsp3) is 0.400. The number of fused-ring (bicyclic) bond motifs is 1. The van der Waals surface area contributed by atoms with E-state index in [0.717, 1.165) is 43.7 Å². The minimum absolute atomic E-state index is 0.0313. The zero-order valence-electron chi connectivity index (χ0n) is 19.3. The third-order valence-corrected chi connectivity index (χ3v) is 8.13. The Labute approximate surface area is 195 Å². The van der Waals surface area contributed by atoms with Crippen LogP contribution in [0.25, 0.3) is 0 Å². The molecule has 7 nitrogen and oxygen atoms in total. The molecule has 0 radical (unpaired) electrons. The predicted octanol–water partition coefficient (Wildman–Crippen LogP) is 5.18. The highest BCUT2D eigenvalue weighted by atomic mass is 32.2. The molecule has 178 valence electrons. The van der Waals surface area contributed by atoms with Crippen LogP contribution in [-0.4, -0.2) is 38.9 Å². The number of para-hydroxylation sites is 1. The smallest absolute Gasteiger partial charge is 0.331 e. The van der Waals surface area contributed by atoms with E-state index >= 15 is 0 Å². The number of sulfone groups is 1. The first-order valence-corrected chi connectivity index (χ1v) is 12.7. The Hall–Kier alpha value is -3.00. The van der Waals surface area contributed by atoms with Gasteiger partial charge in [0.05, 0.1) is 35.8 Å². The van der Waals surface area contributed by atoms with Gasteiger partial charge in [-0.3, -0.25) is 0 Å². The van der Waals surface area contributed by atoms with E-state index in [9.17, 15) is 13.2 Å². The van der Waals surface area contributed by atoms with Gasteiger partial charge in [0.2, 0.25) is 0 Å². The van der Waals surface area contributed by atoms with Crippen molar-refractivity contribution in [2.45, 2.75) is 44.4 Å². The van der Waals surface area contributed by atoms with Crippen molar-refractivity contribution in [2.75, 3.05) is 24.3 Å². The van der Waals surface area contributed by atoms with Gasteiger partial charge in [-0.1, -0.05) is 44.9 Å². The molecule has 1 unspecified atom stereocenters. The molecule has 0 saturated carbocycles. The average molecular weight is 474 g/mol. The second-order valence-electron chi connectivity index (χ2n) is 8.37. The minimum atomic E-state index is -3.68. The first kappa shape index (κ1) is 24.6. The molecule has 0 aliphatic carbocycles. The molecule has 0 bridgehead atoms. The van der Waals surface area contributed by atoms with Crippen LogP contribution in [0, 0.1) is 5.41 Å². The molecule has 1 atom stereocenters. The van der Waals surface area contributed by atoms with Gasteiger partial charge >= 0.3 is 5.97 Å². The monoisotopic (exact) mass is 473 g/mol. The van der Waals surface area contributed by atoms with Gasteiger partial charge in [-0.25, -0.2) is 13.2 Å². The Morgan fingerprint density at radius 2 is 1.91 bits per heavy atom. The summed E-state index contributed by atoms with van der Waals surface area (Å²) in [4.78, 5) is 13.0. The molecular weight excluding hydrogens is 442 g/mol. The van der Waals surface area contributed by atoms with E-state index in [0.29, 0.717) is 18.0 Å². The SMILES string of the molecule is CCCCC1(CC)CN(c2ccccc2)c2cc(OC)c(O/C=C\C(=O)O)cc2S(=O)(=O)C1. The van der Waals surface area contributed by atoms with E-state index in [2.05, 4.69) is 18.7 Å². The summed E-state index contributed by atoms with van der Waals surface area (Å²) in [5, 5.41) is 8.85. The number of hydrogen-bond acceptors (Lipinski definition) is 6. The predicted molar refractivity (Wildman–Crippen MR) is 128 cm³/mol. The largest absolute Gasteiger partial charge is 0.493 e. The molecule has 1 N–H and O–H groups in total. The van der Waals surface area contributed by atoms with Crippen LogP contribution < -0.4 is 14.4 Å².